The van der Waals surface area contributed by atoms with Gasteiger partial charge in [0, 0.05) is 24.0 Å². The Kier molecular flexibility index (Phi) is 9.41. The van der Waals surface area contributed by atoms with Crippen LogP contribution in [-0.2, 0) is 20.8 Å². The Morgan fingerprint density at radius 1 is 0.957 bits per heavy atom. The molecule has 0 saturated carbocycles. The van der Waals surface area contributed by atoms with Crippen molar-refractivity contribution in [3.63, 3.8) is 0 Å². The molecule has 2 unspecified atom stereocenters. The highest BCUT2D eigenvalue weighted by Crippen LogP contribution is 2.67. The van der Waals surface area contributed by atoms with E-state index >= 15 is 0 Å². The minimum absolute atomic E-state index is 0.121. The van der Waals surface area contributed by atoms with E-state index in [4.69, 9.17) is 11.6 Å². The van der Waals surface area contributed by atoms with Gasteiger partial charge in [-0.15, -0.1) is 24.9 Å². The Bertz CT molecular complexity index is 1620. The Labute approximate surface area is 279 Å². The van der Waals surface area contributed by atoms with E-state index in [9.17, 15) is 19.5 Å². The summed E-state index contributed by atoms with van der Waals surface area (Å²) in [6, 6.07) is 24.6. The smallest absolute Gasteiger partial charge is 0.251 e. The molecule has 46 heavy (non-hydrogen) atoms. The van der Waals surface area contributed by atoms with Gasteiger partial charge in [-0.3, -0.25) is 14.4 Å². The van der Waals surface area contributed by atoms with Crippen molar-refractivity contribution in [3.05, 3.63) is 121 Å². The lowest BCUT2D eigenvalue weighted by molar-refractivity contribution is -0.141. The molecule has 1 spiro atoms. The number of carbonyl (C=O) groups is 3. The van der Waals surface area contributed by atoms with Gasteiger partial charge in [-0.25, -0.2) is 0 Å². The molecule has 0 aliphatic carbocycles. The van der Waals surface area contributed by atoms with Crippen LogP contribution in [-0.4, -0.2) is 69.5 Å². The van der Waals surface area contributed by atoms with Crippen molar-refractivity contribution in [1.29, 1.82) is 0 Å². The Morgan fingerprint density at radius 3 is 2.24 bits per heavy atom. The third-order valence-corrected chi connectivity index (χ3v) is 11.8. The first-order valence-corrected chi connectivity index (χ1v) is 16.9. The lowest BCUT2D eigenvalue weighted by Gasteiger charge is -2.40. The molecule has 6 atom stereocenters. The zero-order valence-electron chi connectivity index (χ0n) is 25.6. The maximum absolute atomic E-state index is 15.0. The molecule has 3 fully saturated rings. The Hall–Kier alpha value is -3.85. The fraction of sp³-hybridized carbons (Fsp3) is 0.324. The largest absolute Gasteiger partial charge is 0.394 e. The molecule has 3 aromatic rings. The minimum Gasteiger partial charge on any atom is -0.394 e. The van der Waals surface area contributed by atoms with Crippen LogP contribution in [0.25, 0.3) is 0 Å². The molecule has 9 heteroatoms. The van der Waals surface area contributed by atoms with Gasteiger partial charge in [0.2, 0.25) is 11.8 Å². The highest BCUT2D eigenvalue weighted by atomic mass is 35.5. The molecule has 0 radical (unpaired) electrons. The van der Waals surface area contributed by atoms with Gasteiger partial charge in [-0.05, 0) is 49.1 Å². The molecule has 3 aliphatic heterocycles. The van der Waals surface area contributed by atoms with Crippen molar-refractivity contribution >= 4 is 52.5 Å². The summed E-state index contributed by atoms with van der Waals surface area (Å²) in [5, 5.41) is 11.1. The molecular weight excluding hydrogens is 618 g/mol. The number of likely N-dealkylation sites (tertiary alicyclic amines) is 1. The van der Waals surface area contributed by atoms with Gasteiger partial charge in [-0.1, -0.05) is 84.4 Å². The molecular formula is C37H38ClN3O4S. The van der Waals surface area contributed by atoms with Crippen LogP contribution in [0.3, 0.4) is 0 Å². The zero-order chi connectivity index (χ0) is 32.4. The molecule has 1 N–H and O–H groups in total. The second-order valence-electron chi connectivity index (χ2n) is 12.1. The number of nitrogens with zero attached hydrogens (tertiary/aromatic N) is 3. The standard InChI is InChI=1S/C37H38ClN3O4S/c1-3-21-39(26-15-9-6-10-16-26)34(43)31-30-19-20-37(46-30)32(31)35(44)41(27(24-42)23-25-13-7-5-8-14-25)33(37)36(45)40(22-4-2)29-18-12-11-17-28(29)38/h3-18,27,30-33,42H,1-2,19-24H2/t27-,30+,31-,32+,33?,37?/m1/s1. The highest BCUT2D eigenvalue weighted by Gasteiger charge is 2.74. The summed E-state index contributed by atoms with van der Waals surface area (Å²) in [5.41, 5.74) is 2.20. The van der Waals surface area contributed by atoms with Gasteiger partial charge in [0.05, 0.1) is 39.9 Å². The van der Waals surface area contributed by atoms with Crippen molar-refractivity contribution < 1.29 is 19.5 Å². The predicted octanol–water partition coefficient (Wildman–Crippen LogP) is 5.77. The number of aliphatic hydroxyl groups excluding tert-OH is 1. The fourth-order valence-corrected chi connectivity index (χ4v) is 10.1. The number of hydrogen-bond acceptors (Lipinski definition) is 5. The third kappa shape index (κ3) is 5.46. The number of para-hydroxylation sites is 2. The van der Waals surface area contributed by atoms with Crippen molar-refractivity contribution in [2.75, 3.05) is 29.5 Å². The van der Waals surface area contributed by atoms with Gasteiger partial charge in [-0.2, -0.15) is 0 Å². The van der Waals surface area contributed by atoms with Crippen LogP contribution in [0.5, 0.6) is 0 Å². The first-order chi connectivity index (χ1) is 22.4. The van der Waals surface area contributed by atoms with Gasteiger partial charge in [0.1, 0.15) is 6.04 Å². The van der Waals surface area contributed by atoms with Crippen LogP contribution in [0, 0.1) is 11.8 Å². The first-order valence-electron chi connectivity index (χ1n) is 15.6. The predicted molar refractivity (Wildman–Crippen MR) is 185 cm³/mol. The van der Waals surface area contributed by atoms with Crippen molar-refractivity contribution in [2.45, 2.75) is 41.3 Å². The zero-order valence-corrected chi connectivity index (χ0v) is 27.2. The first kappa shape index (κ1) is 32.1. The quantitative estimate of drug-likeness (QED) is 0.251. The van der Waals surface area contributed by atoms with E-state index in [1.807, 2.05) is 66.7 Å². The van der Waals surface area contributed by atoms with E-state index in [2.05, 4.69) is 13.2 Å². The summed E-state index contributed by atoms with van der Waals surface area (Å²) >= 11 is 8.24. The van der Waals surface area contributed by atoms with Crippen molar-refractivity contribution in [1.82, 2.24) is 4.90 Å². The minimum atomic E-state index is -0.917. The summed E-state index contributed by atoms with van der Waals surface area (Å²) in [4.78, 5) is 49.3. The van der Waals surface area contributed by atoms with E-state index in [0.29, 0.717) is 36.5 Å². The van der Waals surface area contributed by atoms with Crippen LogP contribution < -0.4 is 9.80 Å². The van der Waals surface area contributed by atoms with Gasteiger partial charge in [0.25, 0.3) is 5.91 Å². The number of carbonyl (C=O) groups excluding carboxylic acids is 3. The summed E-state index contributed by atoms with van der Waals surface area (Å²) in [5.74, 6) is -2.05. The van der Waals surface area contributed by atoms with Crippen LogP contribution in [0.1, 0.15) is 18.4 Å². The SMILES string of the molecule is C=CCN(C(=O)[C@@H]1[C@@H]2CCC3(S2)C(C(=O)N(CC=C)c2ccccc2Cl)N([C@@H](CO)Cc2ccccc2)C(=O)[C@H]13)c1ccccc1. The second-order valence-corrected chi connectivity index (χ2v) is 14.1. The number of anilines is 2. The van der Waals surface area contributed by atoms with E-state index in [1.54, 1.807) is 56.8 Å². The van der Waals surface area contributed by atoms with E-state index in [1.165, 1.54) is 0 Å². The van der Waals surface area contributed by atoms with E-state index in [0.717, 1.165) is 11.3 Å². The molecule has 3 aliphatic rings. The van der Waals surface area contributed by atoms with Gasteiger partial charge < -0.3 is 19.8 Å². The summed E-state index contributed by atoms with van der Waals surface area (Å²) in [6.07, 6.45) is 5.01. The van der Waals surface area contributed by atoms with E-state index in [-0.39, 0.29) is 36.1 Å². The van der Waals surface area contributed by atoms with Crippen molar-refractivity contribution in [3.8, 4) is 0 Å². The normalized spacial score (nSPS) is 25.2. The van der Waals surface area contributed by atoms with Gasteiger partial charge in [0.15, 0.2) is 0 Å². The summed E-state index contributed by atoms with van der Waals surface area (Å²) in [7, 11) is 0. The maximum atomic E-state index is 15.0. The summed E-state index contributed by atoms with van der Waals surface area (Å²) < 4.78 is -0.847. The Balaban J connectivity index is 1.46. The number of benzene rings is 3. The molecule has 3 amide bonds. The molecule has 2 bridgehead atoms. The molecule has 3 saturated heterocycles. The van der Waals surface area contributed by atoms with Crippen LogP contribution in [0.15, 0.2) is 110 Å². The average Bonchev–Trinajstić information content (AvgIpc) is 3.73. The number of fused-ring (bicyclic) bond motifs is 1. The molecule has 7 nitrogen and oxygen atoms in total. The number of thioether (sulfide) groups is 1. The lowest BCUT2D eigenvalue weighted by Crippen LogP contribution is -2.58. The van der Waals surface area contributed by atoms with E-state index < -0.39 is 28.7 Å². The number of halogens is 1. The number of rotatable bonds is 12. The fourth-order valence-electron chi connectivity index (χ4n) is 7.68. The molecule has 3 heterocycles. The van der Waals surface area contributed by atoms with Crippen molar-refractivity contribution in [2.24, 2.45) is 11.8 Å². The second kappa shape index (κ2) is 13.5. The molecule has 238 valence electrons. The summed E-state index contributed by atoms with van der Waals surface area (Å²) in [6.45, 7) is 7.93. The van der Waals surface area contributed by atoms with Gasteiger partial charge >= 0.3 is 0 Å². The van der Waals surface area contributed by atoms with Crippen LogP contribution in [0.2, 0.25) is 5.02 Å². The number of aliphatic hydroxyl groups is 1. The highest BCUT2D eigenvalue weighted by molar-refractivity contribution is 8.02. The molecule has 0 aromatic heterocycles. The third-order valence-electron chi connectivity index (χ3n) is 9.54. The average molecular weight is 656 g/mol. The lowest BCUT2D eigenvalue weighted by atomic mass is 9.70. The van der Waals surface area contributed by atoms with Crippen LogP contribution >= 0.6 is 23.4 Å². The maximum Gasteiger partial charge on any atom is 0.251 e. The Morgan fingerprint density at radius 2 is 1.59 bits per heavy atom. The molecule has 3 aromatic carbocycles. The van der Waals surface area contributed by atoms with Crippen LogP contribution in [0.4, 0.5) is 11.4 Å². The topological polar surface area (TPSA) is 81.2 Å². The molecule has 6 rings (SSSR count). The number of amides is 3. The number of hydrogen-bond donors (Lipinski definition) is 1. The monoisotopic (exact) mass is 655 g/mol.